The van der Waals surface area contributed by atoms with Gasteiger partial charge in [-0.25, -0.2) is 21.9 Å². The number of carboxylic acid groups (broad SMARTS) is 2. The molecule has 0 heterocycles. The van der Waals surface area contributed by atoms with Gasteiger partial charge in [0.1, 0.15) is 0 Å². The summed E-state index contributed by atoms with van der Waals surface area (Å²) in [5, 5.41) is 17.1. The second-order valence-corrected chi connectivity index (χ2v) is 8.81. The number of hydrogen-bond donors (Lipinski definition) is 2. The summed E-state index contributed by atoms with van der Waals surface area (Å²) in [5.74, 6) is -2.42. The Morgan fingerprint density at radius 2 is 0.917 bits per heavy atom. The van der Waals surface area contributed by atoms with Crippen LogP contribution in [0.2, 0.25) is 0 Å². The largest absolute Gasteiger partial charge is 0.478 e. The molecule has 0 bridgehead atoms. The fraction of sp³-hybridized carbons (Fsp3) is 0. The van der Waals surface area contributed by atoms with Crippen molar-refractivity contribution in [2.45, 2.75) is 0 Å². The molecular formula is C14H10I2O8. The van der Waals surface area contributed by atoms with E-state index in [1.54, 1.807) is 0 Å². The topological polar surface area (TPSA) is 143 Å². The molecule has 2 aromatic rings. The molecule has 0 spiro atoms. The number of rotatable bonds is 4. The minimum Gasteiger partial charge on any atom is -0.478 e. The molecule has 0 aliphatic rings. The zero-order chi connectivity index (χ0) is 18.3. The average molecular weight is 560 g/mol. The van der Waals surface area contributed by atoms with Crippen LogP contribution in [0.5, 0.6) is 0 Å². The molecule has 8 nitrogen and oxygen atoms in total. The van der Waals surface area contributed by atoms with E-state index in [9.17, 15) is 21.9 Å². The van der Waals surface area contributed by atoms with Gasteiger partial charge < -0.3 is 10.2 Å². The van der Waals surface area contributed by atoms with Crippen LogP contribution in [0.25, 0.3) is 0 Å². The van der Waals surface area contributed by atoms with Crippen LogP contribution >= 0.6 is 39.6 Å². The van der Waals surface area contributed by atoms with E-state index in [0.717, 1.165) is 0 Å². The molecule has 10 heteroatoms. The summed E-state index contributed by atoms with van der Waals surface area (Å²) >= 11 is -7.33. The van der Waals surface area contributed by atoms with Crippen molar-refractivity contribution < 1.29 is 32.1 Å². The minimum atomic E-state index is -3.67. The zero-order valence-corrected chi connectivity index (χ0v) is 16.0. The molecule has 0 saturated heterocycles. The molecule has 24 heavy (non-hydrogen) atoms. The van der Waals surface area contributed by atoms with Crippen molar-refractivity contribution in [2.24, 2.45) is 0 Å². The average Bonchev–Trinajstić information content (AvgIpc) is 2.55. The van der Waals surface area contributed by atoms with Gasteiger partial charge in [-0.05, 0) is 24.3 Å². The van der Waals surface area contributed by atoms with Gasteiger partial charge in [-0.15, -0.1) is 0 Å². The quantitative estimate of drug-likeness (QED) is 0.542. The third-order valence-corrected chi connectivity index (χ3v) is 6.32. The van der Waals surface area contributed by atoms with E-state index in [1.807, 2.05) is 0 Å². The van der Waals surface area contributed by atoms with Gasteiger partial charge in [0.05, 0.1) is 18.3 Å². The molecule has 128 valence electrons. The molecule has 2 N–H and O–H groups in total. The molecule has 0 aliphatic carbocycles. The van der Waals surface area contributed by atoms with E-state index in [-0.39, 0.29) is 18.3 Å². The lowest BCUT2D eigenvalue weighted by Crippen LogP contribution is -1.98. The molecule has 0 aromatic heterocycles. The highest BCUT2D eigenvalue weighted by molar-refractivity contribution is 14.2. The van der Waals surface area contributed by atoms with Crippen molar-refractivity contribution in [3.63, 3.8) is 0 Å². The first kappa shape index (κ1) is 20.1. The Morgan fingerprint density at radius 1 is 0.625 bits per heavy atom. The van der Waals surface area contributed by atoms with Crippen LogP contribution in [0.1, 0.15) is 20.7 Å². The van der Waals surface area contributed by atoms with Gasteiger partial charge >= 0.3 is 51.5 Å². The van der Waals surface area contributed by atoms with Crippen LogP contribution in [0, 0.1) is 7.14 Å². The SMILES string of the molecule is O=C(O)c1ccccc1I(=O)=O.O=C(O)c1ccccc1I(=O)=O. The molecule has 0 saturated carbocycles. The maximum absolute atomic E-state index is 10.6. The van der Waals surface area contributed by atoms with Crippen LogP contribution in [0.3, 0.4) is 0 Å². The Morgan fingerprint density at radius 3 is 1.12 bits per heavy atom. The number of halogens is 2. The first-order valence-electron chi connectivity index (χ1n) is 6.01. The molecule has 2 rings (SSSR count). The lowest BCUT2D eigenvalue weighted by molar-refractivity contribution is 0.0685. The zero-order valence-electron chi connectivity index (χ0n) is 11.7. The van der Waals surface area contributed by atoms with Crippen LogP contribution in [-0.4, -0.2) is 22.2 Å². The van der Waals surface area contributed by atoms with Crippen LogP contribution in [-0.2, 0) is 12.3 Å². The van der Waals surface area contributed by atoms with Gasteiger partial charge in [-0.1, -0.05) is 24.3 Å². The molecule has 0 radical (unpaired) electrons. The molecule has 0 amide bonds. The Hall–Kier alpha value is -1.96. The maximum Gasteiger partial charge on any atom is 0.341 e. The van der Waals surface area contributed by atoms with E-state index in [2.05, 4.69) is 0 Å². The third-order valence-electron chi connectivity index (χ3n) is 2.54. The highest BCUT2D eigenvalue weighted by Gasteiger charge is 2.12. The fourth-order valence-corrected chi connectivity index (χ4v) is 4.31. The van der Waals surface area contributed by atoms with Gasteiger partial charge in [0.2, 0.25) is 0 Å². The van der Waals surface area contributed by atoms with Gasteiger partial charge in [-0.3, -0.25) is 0 Å². The van der Waals surface area contributed by atoms with Gasteiger partial charge in [-0.2, -0.15) is 0 Å². The Labute approximate surface area is 149 Å². The molecule has 0 unspecified atom stereocenters. The van der Waals surface area contributed by atoms with Gasteiger partial charge in [0.15, 0.2) is 0 Å². The second kappa shape index (κ2) is 9.36. The van der Waals surface area contributed by atoms with Crippen LogP contribution in [0.4, 0.5) is 0 Å². The highest BCUT2D eigenvalue weighted by Crippen LogP contribution is 2.21. The summed E-state index contributed by atoms with van der Waals surface area (Å²) in [4.78, 5) is 20.9. The summed E-state index contributed by atoms with van der Waals surface area (Å²) in [7, 11) is 0. The summed E-state index contributed by atoms with van der Waals surface area (Å²) in [6, 6.07) is 11.1. The number of carbonyl (C=O) groups is 2. The Bertz CT molecular complexity index is 821. The second-order valence-electron chi connectivity index (χ2n) is 4.00. The minimum absolute atomic E-state index is 0.0609. The predicted octanol–water partition coefficient (Wildman–Crippen LogP) is 3.50. The lowest BCUT2D eigenvalue weighted by Gasteiger charge is -1.94. The van der Waals surface area contributed by atoms with Gasteiger partial charge in [0.25, 0.3) is 0 Å². The Kier molecular flexibility index (Phi) is 7.84. The van der Waals surface area contributed by atoms with Crippen molar-refractivity contribution in [1.82, 2.24) is 0 Å². The monoisotopic (exact) mass is 560 g/mol. The number of aromatic carboxylic acids is 2. The number of benzene rings is 2. The smallest absolute Gasteiger partial charge is 0.341 e. The van der Waals surface area contributed by atoms with E-state index >= 15 is 0 Å². The Balaban J connectivity index is 0.000000240. The summed E-state index contributed by atoms with van der Waals surface area (Å²) in [6.45, 7) is 0. The number of hydrogen-bond acceptors (Lipinski definition) is 6. The van der Waals surface area contributed by atoms with E-state index in [4.69, 9.17) is 10.2 Å². The van der Waals surface area contributed by atoms with Crippen LogP contribution < -0.4 is 0 Å². The molecule has 0 fully saturated rings. The number of carboxylic acids is 2. The normalized spacial score (nSPS) is 10.1. The van der Waals surface area contributed by atoms with Crippen molar-refractivity contribution >= 4 is 51.5 Å². The summed E-state index contributed by atoms with van der Waals surface area (Å²) in [6.07, 6.45) is 0. The first-order valence-corrected chi connectivity index (χ1v) is 11.7. The highest BCUT2D eigenvalue weighted by atomic mass is 127. The van der Waals surface area contributed by atoms with Crippen molar-refractivity contribution in [2.75, 3.05) is 0 Å². The van der Waals surface area contributed by atoms with Gasteiger partial charge in [0, 0.05) is 0 Å². The molecule has 2 aromatic carbocycles. The van der Waals surface area contributed by atoms with Crippen molar-refractivity contribution in [1.29, 1.82) is 0 Å². The molecular weight excluding hydrogens is 550 g/mol. The van der Waals surface area contributed by atoms with Crippen LogP contribution in [0.15, 0.2) is 48.5 Å². The predicted molar refractivity (Wildman–Crippen MR) is 95.0 cm³/mol. The lowest BCUT2D eigenvalue weighted by atomic mass is 10.2. The fourth-order valence-electron chi connectivity index (χ4n) is 1.54. The van der Waals surface area contributed by atoms with Crippen molar-refractivity contribution in [3.05, 3.63) is 66.8 Å². The molecule has 0 atom stereocenters. The van der Waals surface area contributed by atoms with E-state index in [1.165, 1.54) is 48.5 Å². The summed E-state index contributed by atoms with van der Waals surface area (Å²) in [5.41, 5.74) is -0.291. The third kappa shape index (κ3) is 5.59. The molecule has 0 aliphatic heterocycles. The van der Waals surface area contributed by atoms with E-state index < -0.39 is 51.5 Å². The maximum atomic E-state index is 10.6. The van der Waals surface area contributed by atoms with Crippen molar-refractivity contribution in [3.8, 4) is 0 Å². The standard InChI is InChI=1S/2C7H5IO4/c2*9-7(10)5-3-1-2-4-6(5)8(11)12/h2*1-4H,(H,9,10). The van der Waals surface area contributed by atoms with E-state index in [0.29, 0.717) is 0 Å². The first-order chi connectivity index (χ1) is 11.3. The summed E-state index contributed by atoms with van der Waals surface area (Å²) < 4.78 is 42.2.